The van der Waals surface area contributed by atoms with E-state index in [0.29, 0.717) is 5.69 Å². The number of carbonyl (C=O) groups excluding carboxylic acids is 2. The van der Waals surface area contributed by atoms with Crippen molar-refractivity contribution in [3.63, 3.8) is 0 Å². The quantitative estimate of drug-likeness (QED) is 0.682. The molecule has 5 rings (SSSR count). The highest BCUT2D eigenvalue weighted by molar-refractivity contribution is 6.24. The van der Waals surface area contributed by atoms with Crippen molar-refractivity contribution >= 4 is 17.5 Å². The van der Waals surface area contributed by atoms with E-state index in [2.05, 4.69) is 0 Å². The average molecular weight is 347 g/mol. The Labute approximate surface area is 150 Å². The number of hydrogen-bond donors (Lipinski definition) is 1. The molecule has 4 atom stereocenters. The van der Waals surface area contributed by atoms with Gasteiger partial charge in [-0.25, -0.2) is 4.90 Å². The molecule has 2 aromatic carbocycles. The minimum Gasteiger partial charge on any atom is -0.393 e. The molecule has 3 aliphatic heterocycles. The van der Waals surface area contributed by atoms with Gasteiger partial charge in [0.25, 0.3) is 0 Å². The second-order valence-electron chi connectivity index (χ2n) is 6.95. The van der Waals surface area contributed by atoms with Crippen molar-refractivity contribution in [3.8, 4) is 11.1 Å². The first-order valence-corrected chi connectivity index (χ1v) is 8.66. The number of amides is 2. The molecule has 5 heteroatoms. The van der Waals surface area contributed by atoms with Gasteiger partial charge in [-0.05, 0) is 11.6 Å². The van der Waals surface area contributed by atoms with Gasteiger partial charge >= 0.3 is 0 Å². The van der Waals surface area contributed by atoms with E-state index in [0.717, 1.165) is 11.1 Å². The highest BCUT2D eigenvalue weighted by Crippen LogP contribution is 2.52. The lowest BCUT2D eigenvalue weighted by molar-refractivity contribution is -0.128. The van der Waals surface area contributed by atoms with Crippen molar-refractivity contribution in [2.75, 3.05) is 11.5 Å². The second-order valence-corrected chi connectivity index (χ2v) is 6.95. The van der Waals surface area contributed by atoms with Crippen LogP contribution >= 0.6 is 0 Å². The Hall–Kier alpha value is -2.76. The zero-order valence-corrected chi connectivity index (χ0v) is 13.9. The van der Waals surface area contributed by atoms with Crippen LogP contribution in [0.1, 0.15) is 0 Å². The summed E-state index contributed by atoms with van der Waals surface area (Å²) in [7, 11) is 0. The molecule has 0 saturated carbocycles. The molecule has 2 aromatic rings. The molecule has 2 saturated heterocycles. The van der Waals surface area contributed by atoms with Crippen molar-refractivity contribution in [1.29, 1.82) is 0 Å². The summed E-state index contributed by atoms with van der Waals surface area (Å²) in [5.41, 5.74) is 1.28. The lowest BCUT2D eigenvalue weighted by Crippen LogP contribution is -2.43. The molecule has 0 aromatic heterocycles. The number of aliphatic hydroxyl groups is 1. The largest absolute Gasteiger partial charge is 0.393 e. The monoisotopic (exact) mass is 347 g/mol. The second kappa shape index (κ2) is 5.37. The smallest absolute Gasteiger partial charge is 0.241 e. The van der Waals surface area contributed by atoms with Crippen LogP contribution in [0.4, 0.5) is 5.69 Å². The van der Waals surface area contributed by atoms with Crippen molar-refractivity contribution in [2.24, 2.45) is 11.8 Å². The maximum absolute atomic E-state index is 13.2. The van der Waals surface area contributed by atoms with E-state index in [4.69, 9.17) is 4.74 Å². The van der Waals surface area contributed by atoms with Crippen LogP contribution in [-0.4, -0.2) is 35.2 Å². The summed E-state index contributed by atoms with van der Waals surface area (Å²) < 4.78 is 5.79. The maximum atomic E-state index is 13.2. The van der Waals surface area contributed by atoms with E-state index < -0.39 is 23.5 Å². The number of ether oxygens (including phenoxy) is 1. The van der Waals surface area contributed by atoms with Gasteiger partial charge in [0.05, 0.1) is 30.2 Å². The summed E-state index contributed by atoms with van der Waals surface area (Å²) in [5, 5.41) is 9.83. The van der Waals surface area contributed by atoms with Crippen LogP contribution in [0.25, 0.3) is 11.1 Å². The van der Waals surface area contributed by atoms with Crippen molar-refractivity contribution in [3.05, 3.63) is 66.7 Å². The van der Waals surface area contributed by atoms with Gasteiger partial charge in [-0.3, -0.25) is 9.59 Å². The van der Waals surface area contributed by atoms with Crippen LogP contribution in [0.5, 0.6) is 0 Å². The molecule has 3 aliphatic rings. The Morgan fingerprint density at radius 1 is 1.00 bits per heavy atom. The van der Waals surface area contributed by atoms with Gasteiger partial charge in [0.1, 0.15) is 5.60 Å². The number of imide groups is 1. The van der Waals surface area contributed by atoms with Crippen LogP contribution in [0, 0.1) is 11.8 Å². The van der Waals surface area contributed by atoms with Gasteiger partial charge in [-0.15, -0.1) is 0 Å². The molecule has 2 bridgehead atoms. The van der Waals surface area contributed by atoms with Crippen LogP contribution in [0.2, 0.25) is 0 Å². The minimum absolute atomic E-state index is 0.256. The topological polar surface area (TPSA) is 66.8 Å². The normalized spacial score (nSPS) is 31.7. The Balaban J connectivity index is 1.62. The predicted molar refractivity (Wildman–Crippen MR) is 95.2 cm³/mol. The van der Waals surface area contributed by atoms with Crippen LogP contribution < -0.4 is 4.90 Å². The fourth-order valence-corrected chi connectivity index (χ4v) is 4.45. The number of carbonyl (C=O) groups is 2. The first-order valence-electron chi connectivity index (χ1n) is 8.66. The number of aliphatic hydroxyl groups excluding tert-OH is 1. The fraction of sp³-hybridized carbons (Fsp3) is 0.238. The fourth-order valence-electron chi connectivity index (χ4n) is 4.45. The third kappa shape index (κ3) is 1.87. The van der Waals surface area contributed by atoms with E-state index in [1.165, 1.54) is 4.90 Å². The zero-order valence-electron chi connectivity index (χ0n) is 13.9. The molecule has 0 unspecified atom stereocenters. The lowest BCUT2D eigenvalue weighted by atomic mass is 9.77. The van der Waals surface area contributed by atoms with Gasteiger partial charge in [0.2, 0.25) is 11.8 Å². The molecule has 26 heavy (non-hydrogen) atoms. The number of nitrogens with zero attached hydrogens (tertiary/aromatic N) is 1. The number of fused-ring (bicyclic) bond motifs is 5. The third-order valence-electron chi connectivity index (χ3n) is 5.63. The summed E-state index contributed by atoms with van der Waals surface area (Å²) >= 11 is 0. The molecule has 1 N–H and O–H groups in total. The van der Waals surface area contributed by atoms with Gasteiger partial charge < -0.3 is 9.84 Å². The van der Waals surface area contributed by atoms with E-state index in [1.807, 2.05) is 48.5 Å². The molecule has 2 amide bonds. The predicted octanol–water partition coefficient (Wildman–Crippen LogP) is 2.16. The van der Waals surface area contributed by atoms with Gasteiger partial charge in [-0.1, -0.05) is 60.7 Å². The van der Waals surface area contributed by atoms with Gasteiger partial charge in [0.15, 0.2) is 0 Å². The van der Waals surface area contributed by atoms with Crippen LogP contribution in [0.15, 0.2) is 66.7 Å². The Morgan fingerprint density at radius 3 is 2.50 bits per heavy atom. The SMILES string of the molecule is O=C1[C@@H]2[C@@H](C(=O)N1c1ccccc1-c1ccccc1)[C@]1(CO)C=C[C@H]2O1. The third-order valence-corrected chi connectivity index (χ3v) is 5.63. The van der Waals surface area contributed by atoms with Crippen LogP contribution in [-0.2, 0) is 14.3 Å². The van der Waals surface area contributed by atoms with Crippen LogP contribution in [0.3, 0.4) is 0 Å². The van der Waals surface area contributed by atoms with Gasteiger partial charge in [0, 0.05) is 5.56 Å². The summed E-state index contributed by atoms with van der Waals surface area (Å²) in [5.74, 6) is -1.79. The summed E-state index contributed by atoms with van der Waals surface area (Å²) in [6.45, 7) is -0.311. The first-order chi connectivity index (χ1) is 12.7. The number of anilines is 1. The molecular formula is C21H17NO4. The molecule has 2 fully saturated rings. The van der Waals surface area contributed by atoms with Gasteiger partial charge in [-0.2, -0.15) is 0 Å². The van der Waals surface area contributed by atoms with Crippen molar-refractivity contribution in [2.45, 2.75) is 11.7 Å². The number of rotatable bonds is 3. The van der Waals surface area contributed by atoms with E-state index in [-0.39, 0.29) is 18.4 Å². The zero-order chi connectivity index (χ0) is 17.9. The standard InChI is InChI=1S/C21H17NO4/c23-12-21-11-10-16(26-21)17-18(21)20(25)22(19(17)24)15-9-5-4-8-14(15)13-6-2-1-3-7-13/h1-11,16-18,23H,12H2/t16-,17+,18+,21-/m1/s1. The molecular weight excluding hydrogens is 330 g/mol. The molecule has 0 spiro atoms. The Bertz CT molecular complexity index is 938. The number of hydrogen-bond acceptors (Lipinski definition) is 4. The molecule has 5 nitrogen and oxygen atoms in total. The average Bonchev–Trinajstić information content (AvgIpc) is 3.33. The first kappa shape index (κ1) is 15.5. The lowest BCUT2D eigenvalue weighted by Gasteiger charge is -2.27. The highest BCUT2D eigenvalue weighted by Gasteiger charge is 2.67. The van der Waals surface area contributed by atoms with E-state index >= 15 is 0 Å². The Kier molecular flexibility index (Phi) is 3.20. The molecule has 3 heterocycles. The number of benzene rings is 2. The van der Waals surface area contributed by atoms with E-state index in [1.54, 1.807) is 18.2 Å². The number of para-hydroxylation sites is 1. The highest BCUT2D eigenvalue weighted by atomic mass is 16.5. The van der Waals surface area contributed by atoms with Crippen molar-refractivity contribution in [1.82, 2.24) is 0 Å². The molecule has 130 valence electrons. The maximum Gasteiger partial charge on any atom is 0.241 e. The summed E-state index contributed by atoms with van der Waals surface area (Å²) in [6, 6.07) is 17.1. The Morgan fingerprint density at radius 2 is 1.73 bits per heavy atom. The summed E-state index contributed by atoms with van der Waals surface area (Å²) in [6.07, 6.45) is 3.07. The summed E-state index contributed by atoms with van der Waals surface area (Å²) in [4.78, 5) is 27.6. The van der Waals surface area contributed by atoms with E-state index in [9.17, 15) is 14.7 Å². The van der Waals surface area contributed by atoms with Crippen molar-refractivity contribution < 1.29 is 19.4 Å². The molecule has 0 aliphatic carbocycles. The minimum atomic E-state index is -1.07. The molecule has 0 radical (unpaired) electrons.